The number of benzene rings is 1. The number of carboxylic acid groups (broad SMARTS) is 2. The fourth-order valence-electron chi connectivity index (χ4n) is 4.98. The zero-order chi connectivity index (χ0) is 28.5. The van der Waals surface area contributed by atoms with Crippen LogP contribution in [0.1, 0.15) is 44.1 Å². The molecule has 1 aromatic carbocycles. The van der Waals surface area contributed by atoms with Crippen molar-refractivity contribution in [2.45, 2.75) is 69.4 Å². The van der Waals surface area contributed by atoms with Gasteiger partial charge in [-0.15, -0.1) is 4.99 Å². The van der Waals surface area contributed by atoms with Crippen molar-refractivity contribution in [3.05, 3.63) is 35.9 Å². The van der Waals surface area contributed by atoms with E-state index in [4.69, 9.17) is 26.0 Å². The molecule has 0 aromatic heterocycles. The molecule has 0 unspecified atom stereocenters. The second kappa shape index (κ2) is 13.6. The second-order valence-electron chi connectivity index (χ2n) is 9.53. The lowest BCUT2D eigenvalue weighted by Gasteiger charge is -2.41. The summed E-state index contributed by atoms with van der Waals surface area (Å²) in [5.41, 5.74) is 11.2. The van der Waals surface area contributed by atoms with Gasteiger partial charge in [0, 0.05) is 18.4 Å². The van der Waals surface area contributed by atoms with Gasteiger partial charge in [-0.05, 0) is 31.2 Å². The lowest BCUT2D eigenvalue weighted by Crippen LogP contribution is -2.58. The number of carboxylic acids is 2. The quantitative estimate of drug-likeness (QED) is 0.135. The molecule has 0 saturated carbocycles. The summed E-state index contributed by atoms with van der Waals surface area (Å²) < 4.78 is 11.0. The molecular formula is C25H33N5O9. The van der Waals surface area contributed by atoms with E-state index < -0.39 is 60.4 Å². The molecule has 1 aromatic rings. The lowest BCUT2D eigenvalue weighted by molar-refractivity contribution is -0.151. The summed E-state index contributed by atoms with van der Waals surface area (Å²) in [4.78, 5) is 65.4. The molecule has 14 heteroatoms. The van der Waals surface area contributed by atoms with Crippen LogP contribution in [-0.2, 0) is 35.3 Å². The van der Waals surface area contributed by atoms with Gasteiger partial charge in [0.2, 0.25) is 11.8 Å². The molecule has 2 fully saturated rings. The lowest BCUT2D eigenvalue weighted by atomic mass is 9.91. The van der Waals surface area contributed by atoms with Gasteiger partial charge in [0.1, 0.15) is 12.1 Å². The molecular weight excluding hydrogens is 514 g/mol. The van der Waals surface area contributed by atoms with Crippen molar-refractivity contribution >= 4 is 35.8 Å². The summed E-state index contributed by atoms with van der Waals surface area (Å²) in [6.45, 7) is 0.286. The minimum atomic E-state index is -1.65. The van der Waals surface area contributed by atoms with Crippen LogP contribution in [0.15, 0.2) is 35.3 Å². The minimum absolute atomic E-state index is 0.00767. The first-order valence-electron chi connectivity index (χ1n) is 12.5. The maximum Gasteiger partial charge on any atom is 0.436 e. The zero-order valence-electron chi connectivity index (χ0n) is 21.2. The van der Waals surface area contributed by atoms with E-state index in [0.29, 0.717) is 32.3 Å². The SMILES string of the molecule is NC(N)=NC(=O)OCCC[C@H]1C[C@@H]2C[C@H](OCc3ccccc3)C[C@@H](C(=O)N[C@@H](CC(=O)O)C(=O)O)N2C1=O. The molecule has 0 radical (unpaired) electrons. The molecule has 39 heavy (non-hydrogen) atoms. The number of hydrogen-bond donors (Lipinski definition) is 5. The Kier molecular flexibility index (Phi) is 10.2. The minimum Gasteiger partial charge on any atom is -0.481 e. The van der Waals surface area contributed by atoms with Crippen LogP contribution in [0.3, 0.4) is 0 Å². The first kappa shape index (κ1) is 29.4. The molecule has 2 saturated heterocycles. The largest absolute Gasteiger partial charge is 0.481 e. The predicted molar refractivity (Wildman–Crippen MR) is 135 cm³/mol. The molecule has 2 heterocycles. The second-order valence-corrected chi connectivity index (χ2v) is 9.53. The fourth-order valence-corrected chi connectivity index (χ4v) is 4.98. The van der Waals surface area contributed by atoms with Crippen molar-refractivity contribution in [1.29, 1.82) is 0 Å². The van der Waals surface area contributed by atoms with E-state index in [0.717, 1.165) is 5.56 Å². The van der Waals surface area contributed by atoms with Gasteiger partial charge in [-0.3, -0.25) is 14.4 Å². The van der Waals surface area contributed by atoms with Gasteiger partial charge < -0.3 is 41.4 Å². The van der Waals surface area contributed by atoms with E-state index in [1.165, 1.54) is 4.90 Å². The number of nitrogens with zero attached hydrogens (tertiary/aromatic N) is 2. The van der Waals surface area contributed by atoms with Crippen LogP contribution in [0, 0.1) is 5.92 Å². The molecule has 212 valence electrons. The number of rotatable bonds is 12. The number of nitrogens with one attached hydrogen (secondary N) is 1. The normalized spacial score (nSPS) is 22.9. The number of piperidine rings is 1. The summed E-state index contributed by atoms with van der Waals surface area (Å²) in [7, 11) is 0. The predicted octanol–water partition coefficient (Wildman–Crippen LogP) is 0.186. The van der Waals surface area contributed by atoms with Crippen LogP contribution in [0.4, 0.5) is 4.79 Å². The fraction of sp³-hybridized carbons (Fsp3) is 0.520. The van der Waals surface area contributed by atoms with E-state index >= 15 is 0 Å². The van der Waals surface area contributed by atoms with Crippen LogP contribution in [0.5, 0.6) is 0 Å². The third kappa shape index (κ3) is 8.40. The van der Waals surface area contributed by atoms with Crippen molar-refractivity contribution in [2.75, 3.05) is 6.61 Å². The van der Waals surface area contributed by atoms with Crippen molar-refractivity contribution in [1.82, 2.24) is 10.2 Å². The summed E-state index contributed by atoms with van der Waals surface area (Å²) in [5.74, 6) is -4.77. The Balaban J connectivity index is 1.69. The number of ether oxygens (including phenoxy) is 2. The number of aliphatic carboxylic acids is 2. The number of carbonyl (C=O) groups excluding carboxylic acids is 3. The van der Waals surface area contributed by atoms with Gasteiger partial charge in [0.15, 0.2) is 5.96 Å². The summed E-state index contributed by atoms with van der Waals surface area (Å²) in [6.07, 6.45) is -0.354. The topological polar surface area (TPSA) is 224 Å². The van der Waals surface area contributed by atoms with Crippen LogP contribution in [0.2, 0.25) is 0 Å². The molecule has 2 aliphatic rings. The highest BCUT2D eigenvalue weighted by Crippen LogP contribution is 2.38. The third-order valence-corrected chi connectivity index (χ3v) is 6.68. The maximum atomic E-state index is 13.3. The molecule has 2 aliphatic heterocycles. The smallest absolute Gasteiger partial charge is 0.436 e. The van der Waals surface area contributed by atoms with Crippen LogP contribution in [-0.4, -0.2) is 81.8 Å². The molecule has 7 N–H and O–H groups in total. The summed E-state index contributed by atoms with van der Waals surface area (Å²) in [5, 5.41) is 20.7. The molecule has 0 aliphatic carbocycles. The van der Waals surface area contributed by atoms with Crippen LogP contribution < -0.4 is 16.8 Å². The van der Waals surface area contributed by atoms with E-state index in [1.807, 2.05) is 30.3 Å². The average molecular weight is 548 g/mol. The monoisotopic (exact) mass is 547 g/mol. The number of nitrogens with two attached hydrogens (primary N) is 2. The van der Waals surface area contributed by atoms with E-state index in [-0.39, 0.29) is 25.0 Å². The van der Waals surface area contributed by atoms with Gasteiger partial charge in [0.05, 0.1) is 25.7 Å². The van der Waals surface area contributed by atoms with Gasteiger partial charge in [0.25, 0.3) is 0 Å². The van der Waals surface area contributed by atoms with Crippen molar-refractivity contribution in [3.63, 3.8) is 0 Å². The van der Waals surface area contributed by atoms with Gasteiger partial charge in [-0.2, -0.15) is 0 Å². The number of amides is 3. The number of carbonyl (C=O) groups is 5. The van der Waals surface area contributed by atoms with Crippen molar-refractivity contribution in [3.8, 4) is 0 Å². The van der Waals surface area contributed by atoms with Gasteiger partial charge in [-0.1, -0.05) is 30.3 Å². The Bertz CT molecular complexity index is 1090. The molecule has 5 atom stereocenters. The first-order chi connectivity index (χ1) is 18.5. The first-order valence-corrected chi connectivity index (χ1v) is 12.5. The highest BCUT2D eigenvalue weighted by molar-refractivity contribution is 5.93. The van der Waals surface area contributed by atoms with E-state index in [2.05, 4.69) is 10.3 Å². The molecule has 14 nitrogen and oxygen atoms in total. The van der Waals surface area contributed by atoms with Crippen LogP contribution in [0.25, 0.3) is 0 Å². The highest BCUT2D eigenvalue weighted by Gasteiger charge is 2.49. The Hall–Kier alpha value is -4.20. The summed E-state index contributed by atoms with van der Waals surface area (Å²) in [6, 6.07) is 6.42. The van der Waals surface area contributed by atoms with E-state index in [1.54, 1.807) is 0 Å². The maximum absolute atomic E-state index is 13.3. The van der Waals surface area contributed by atoms with Crippen molar-refractivity contribution in [2.24, 2.45) is 22.4 Å². The number of fused-ring (bicyclic) bond motifs is 1. The van der Waals surface area contributed by atoms with Gasteiger partial charge in [-0.25, -0.2) is 9.59 Å². The Labute approximate surface area is 224 Å². The van der Waals surface area contributed by atoms with Crippen molar-refractivity contribution < 1.29 is 43.7 Å². The van der Waals surface area contributed by atoms with Crippen LogP contribution >= 0.6 is 0 Å². The molecule has 3 amide bonds. The average Bonchev–Trinajstić information content (AvgIpc) is 3.19. The Morgan fingerprint density at radius 2 is 1.82 bits per heavy atom. The molecule has 0 spiro atoms. The zero-order valence-corrected chi connectivity index (χ0v) is 21.2. The highest BCUT2D eigenvalue weighted by atomic mass is 16.5. The molecule has 3 rings (SSSR count). The number of guanidine groups is 1. The Morgan fingerprint density at radius 1 is 1.10 bits per heavy atom. The number of aliphatic imine (C=N–C) groups is 1. The van der Waals surface area contributed by atoms with E-state index in [9.17, 15) is 29.1 Å². The molecule has 0 bridgehead atoms. The van der Waals surface area contributed by atoms with Gasteiger partial charge >= 0.3 is 18.0 Å². The third-order valence-electron chi connectivity index (χ3n) is 6.68. The summed E-state index contributed by atoms with van der Waals surface area (Å²) >= 11 is 0. The Morgan fingerprint density at radius 3 is 2.46 bits per heavy atom. The standard InChI is InChI=1S/C25H33N5O9/c26-24(27)29-25(37)38-8-4-7-15-9-16-10-17(39-13-14-5-2-1-3-6-14)11-19(30(16)22(15)34)21(33)28-18(23(35)36)12-20(31)32/h1-3,5-6,15-19H,4,7-13H2,(H,28,33)(H,31,32)(H,35,36)(H4,26,27,29,37)/t15-,16+,17-,18-,19-/m0/s1. The number of hydrogen-bond acceptors (Lipinski definition) is 7.